The van der Waals surface area contributed by atoms with Crippen LogP contribution in [0.15, 0.2) is 83.5 Å². The molecule has 0 fully saturated rings. The number of fused-ring (bicyclic) bond motifs is 1. The number of para-hydroxylation sites is 1. The van der Waals surface area contributed by atoms with Crippen LogP contribution >= 0.6 is 0 Å². The van der Waals surface area contributed by atoms with Gasteiger partial charge in [-0.15, -0.1) is 0 Å². The average molecular weight is 518 g/mol. The number of phenolic OH excluding ortho intramolecular Hbond substituents is 1. The number of ether oxygens (including phenoxy) is 2. The molecule has 0 aliphatic heterocycles. The Hall–Kier alpha value is -3.81. The van der Waals surface area contributed by atoms with Crippen LogP contribution in [-0.2, 0) is 22.4 Å². The molecule has 200 valence electrons. The molecule has 38 heavy (non-hydrogen) atoms. The van der Waals surface area contributed by atoms with Crippen LogP contribution in [-0.4, -0.2) is 53.4 Å². The van der Waals surface area contributed by atoms with Gasteiger partial charge in [-0.25, -0.2) is 4.79 Å². The number of phenols is 1. The van der Waals surface area contributed by atoms with E-state index in [1.807, 2.05) is 66.7 Å². The first kappa shape index (κ1) is 27.2. The van der Waals surface area contributed by atoms with Gasteiger partial charge in [-0.2, -0.15) is 0 Å². The maximum Gasteiger partial charge on any atom is 0.344 e. The monoisotopic (exact) mass is 517 g/mol. The molecular formula is C31H35NO6. The van der Waals surface area contributed by atoms with Gasteiger partial charge in [0.2, 0.25) is 0 Å². The molecular weight excluding hydrogens is 482 g/mol. The zero-order chi connectivity index (χ0) is 26.9. The summed E-state index contributed by atoms with van der Waals surface area (Å²) in [6, 6.07) is 22.9. The van der Waals surface area contributed by atoms with Crippen molar-refractivity contribution in [3.05, 3.63) is 95.9 Å². The van der Waals surface area contributed by atoms with E-state index in [1.54, 1.807) is 19.3 Å². The zero-order valence-corrected chi connectivity index (χ0v) is 21.9. The summed E-state index contributed by atoms with van der Waals surface area (Å²) in [7, 11) is 0. The normalized spacial score (nSPS) is 12.9. The van der Waals surface area contributed by atoms with Crippen molar-refractivity contribution >= 4 is 16.7 Å². The number of esters is 1. The molecule has 1 heterocycles. The number of aliphatic hydroxyl groups excluding tert-OH is 1. The van der Waals surface area contributed by atoms with Crippen molar-refractivity contribution in [2.75, 3.05) is 26.3 Å². The standard InChI is InChI=1S/C31H35NO6/c1-3-36-30(35)21-37-26-14-12-23(13-15-26)18-22(2)32(17-16-24-8-5-7-11-28(24)33)19-29(34)31-27-10-6-4-9-25(27)20-38-31/h4-15,20,22,29,33-34H,3,16-19,21H2,1-2H3. The van der Waals surface area contributed by atoms with E-state index < -0.39 is 12.1 Å². The van der Waals surface area contributed by atoms with Gasteiger partial charge < -0.3 is 24.1 Å². The second-order valence-corrected chi connectivity index (χ2v) is 9.37. The van der Waals surface area contributed by atoms with Gasteiger partial charge in [0, 0.05) is 29.9 Å². The first-order chi connectivity index (χ1) is 18.4. The Balaban J connectivity index is 1.45. The highest BCUT2D eigenvalue weighted by molar-refractivity contribution is 5.84. The van der Waals surface area contributed by atoms with Gasteiger partial charge in [0.15, 0.2) is 6.61 Å². The fourth-order valence-corrected chi connectivity index (χ4v) is 4.59. The van der Waals surface area contributed by atoms with Gasteiger partial charge in [0.05, 0.1) is 12.9 Å². The van der Waals surface area contributed by atoms with Crippen molar-refractivity contribution in [1.29, 1.82) is 0 Å². The highest BCUT2D eigenvalue weighted by atomic mass is 16.6. The summed E-state index contributed by atoms with van der Waals surface area (Å²) in [5, 5.41) is 23.3. The summed E-state index contributed by atoms with van der Waals surface area (Å²) in [6.07, 6.45) is 2.25. The Labute approximate surface area is 223 Å². The molecule has 7 heteroatoms. The van der Waals surface area contributed by atoms with Crippen molar-refractivity contribution in [2.45, 2.75) is 38.8 Å². The predicted octanol–water partition coefficient (Wildman–Crippen LogP) is 5.29. The first-order valence-electron chi connectivity index (χ1n) is 13.0. The first-order valence-corrected chi connectivity index (χ1v) is 13.0. The third kappa shape index (κ3) is 7.15. The Morgan fingerprint density at radius 1 is 1.03 bits per heavy atom. The molecule has 0 amide bonds. The lowest BCUT2D eigenvalue weighted by molar-refractivity contribution is -0.145. The van der Waals surface area contributed by atoms with Crippen LogP contribution in [0.5, 0.6) is 11.5 Å². The smallest absolute Gasteiger partial charge is 0.344 e. The van der Waals surface area contributed by atoms with Crippen molar-refractivity contribution in [1.82, 2.24) is 4.90 Å². The summed E-state index contributed by atoms with van der Waals surface area (Å²) >= 11 is 0. The molecule has 0 spiro atoms. The van der Waals surface area contributed by atoms with Gasteiger partial charge in [0.25, 0.3) is 0 Å². The fourth-order valence-electron chi connectivity index (χ4n) is 4.59. The second-order valence-electron chi connectivity index (χ2n) is 9.37. The van der Waals surface area contributed by atoms with Crippen molar-refractivity contribution in [3.8, 4) is 11.5 Å². The number of aliphatic hydroxyl groups is 1. The van der Waals surface area contributed by atoms with E-state index in [4.69, 9.17) is 13.9 Å². The lowest BCUT2D eigenvalue weighted by Gasteiger charge is -2.31. The maximum atomic E-state index is 11.5. The van der Waals surface area contributed by atoms with E-state index in [1.165, 1.54) is 0 Å². The summed E-state index contributed by atoms with van der Waals surface area (Å²) < 4.78 is 16.2. The lowest BCUT2D eigenvalue weighted by Crippen LogP contribution is -2.39. The summed E-state index contributed by atoms with van der Waals surface area (Å²) in [5.74, 6) is 1.04. The second kappa shape index (κ2) is 13.1. The number of rotatable bonds is 13. The van der Waals surface area contributed by atoms with E-state index in [0.29, 0.717) is 37.6 Å². The topological polar surface area (TPSA) is 92.4 Å². The van der Waals surface area contributed by atoms with Crippen molar-refractivity contribution in [2.24, 2.45) is 0 Å². The number of nitrogens with zero attached hydrogens (tertiary/aromatic N) is 1. The molecule has 0 aliphatic carbocycles. The SMILES string of the molecule is CCOC(=O)COc1ccc(CC(C)N(CCc2ccccc2O)CC(O)c2occ3ccccc23)cc1. The van der Waals surface area contributed by atoms with E-state index in [2.05, 4.69) is 11.8 Å². The molecule has 2 atom stereocenters. The molecule has 2 N–H and O–H groups in total. The van der Waals surface area contributed by atoms with Crippen LogP contribution in [0.1, 0.15) is 36.8 Å². The Bertz CT molecular complexity index is 1320. The molecule has 4 aromatic rings. The number of aromatic hydroxyl groups is 1. The lowest BCUT2D eigenvalue weighted by atomic mass is 10.0. The number of furan rings is 1. The number of hydrogen-bond acceptors (Lipinski definition) is 7. The van der Waals surface area contributed by atoms with Gasteiger partial charge >= 0.3 is 5.97 Å². The van der Waals surface area contributed by atoms with Gasteiger partial charge in [-0.05, 0) is 56.0 Å². The largest absolute Gasteiger partial charge is 0.508 e. The highest BCUT2D eigenvalue weighted by Crippen LogP contribution is 2.28. The minimum atomic E-state index is -0.805. The third-order valence-electron chi connectivity index (χ3n) is 6.65. The van der Waals surface area contributed by atoms with E-state index in [9.17, 15) is 15.0 Å². The minimum Gasteiger partial charge on any atom is -0.508 e. The molecule has 4 rings (SSSR count). The number of hydrogen-bond donors (Lipinski definition) is 2. The summed E-state index contributed by atoms with van der Waals surface area (Å²) in [6.45, 7) is 5.12. The van der Waals surface area contributed by atoms with E-state index in [-0.39, 0.29) is 18.4 Å². The van der Waals surface area contributed by atoms with E-state index in [0.717, 1.165) is 28.3 Å². The fraction of sp³-hybridized carbons (Fsp3) is 0.323. The Morgan fingerprint density at radius 3 is 2.53 bits per heavy atom. The third-order valence-corrected chi connectivity index (χ3v) is 6.65. The molecule has 3 aromatic carbocycles. The zero-order valence-electron chi connectivity index (χ0n) is 21.9. The van der Waals surface area contributed by atoms with Gasteiger partial charge in [-0.3, -0.25) is 4.90 Å². The predicted molar refractivity (Wildman–Crippen MR) is 146 cm³/mol. The molecule has 1 aromatic heterocycles. The molecule has 0 radical (unpaired) electrons. The molecule has 0 aliphatic rings. The summed E-state index contributed by atoms with van der Waals surface area (Å²) in [5.41, 5.74) is 1.97. The number of carbonyl (C=O) groups excluding carboxylic acids is 1. The van der Waals surface area contributed by atoms with Crippen LogP contribution in [0.4, 0.5) is 0 Å². The quantitative estimate of drug-likeness (QED) is 0.233. The Morgan fingerprint density at radius 2 is 1.76 bits per heavy atom. The average Bonchev–Trinajstić information content (AvgIpc) is 3.36. The molecule has 0 bridgehead atoms. The van der Waals surface area contributed by atoms with Crippen LogP contribution in [0.3, 0.4) is 0 Å². The van der Waals surface area contributed by atoms with Crippen LogP contribution in [0.2, 0.25) is 0 Å². The van der Waals surface area contributed by atoms with Crippen LogP contribution in [0.25, 0.3) is 10.8 Å². The minimum absolute atomic E-state index is 0.0861. The maximum absolute atomic E-state index is 11.5. The van der Waals surface area contributed by atoms with Crippen LogP contribution in [0, 0.1) is 0 Å². The Kier molecular flexibility index (Phi) is 9.40. The molecule has 0 saturated carbocycles. The van der Waals surface area contributed by atoms with Gasteiger partial charge in [0.1, 0.15) is 23.4 Å². The molecule has 7 nitrogen and oxygen atoms in total. The van der Waals surface area contributed by atoms with Crippen molar-refractivity contribution in [3.63, 3.8) is 0 Å². The highest BCUT2D eigenvalue weighted by Gasteiger charge is 2.23. The van der Waals surface area contributed by atoms with E-state index >= 15 is 0 Å². The van der Waals surface area contributed by atoms with Crippen LogP contribution < -0.4 is 4.74 Å². The van der Waals surface area contributed by atoms with Crippen molar-refractivity contribution < 1.29 is 28.9 Å². The number of carbonyl (C=O) groups is 1. The number of benzene rings is 3. The molecule has 2 unspecified atom stereocenters. The molecule has 0 saturated heterocycles. The van der Waals surface area contributed by atoms with Gasteiger partial charge in [-0.1, -0.05) is 54.6 Å². The summed E-state index contributed by atoms with van der Waals surface area (Å²) in [4.78, 5) is 13.8.